The first-order valence-corrected chi connectivity index (χ1v) is 8.50. The fourth-order valence-electron chi connectivity index (χ4n) is 2.95. The lowest BCUT2D eigenvalue weighted by Crippen LogP contribution is -2.39. The first-order valence-electron chi connectivity index (χ1n) is 7.21. The van der Waals surface area contributed by atoms with E-state index in [-0.39, 0.29) is 5.91 Å². The van der Waals surface area contributed by atoms with E-state index in [2.05, 4.69) is 11.6 Å². The highest BCUT2D eigenvalue weighted by Gasteiger charge is 2.23. The Labute approximate surface area is 114 Å². The molecule has 1 saturated carbocycles. The summed E-state index contributed by atoms with van der Waals surface area (Å²) in [4.78, 5) is 11.9. The molecule has 0 aromatic rings. The molecule has 0 spiro atoms. The number of nitrogens with one attached hydrogen (secondary N) is 1. The number of carbonyl (C=O) groups is 1. The summed E-state index contributed by atoms with van der Waals surface area (Å²) in [7, 11) is 0. The second-order valence-electron chi connectivity index (χ2n) is 5.46. The van der Waals surface area contributed by atoms with Crippen LogP contribution in [0.25, 0.3) is 0 Å². The molecule has 0 bridgehead atoms. The molecule has 0 aromatic heterocycles. The SMILES string of the molecule is CS[C@H]1CCC[C@H](NC(=O)CC[C@@H]2CCCO2)C1. The van der Waals surface area contributed by atoms with Crippen LogP contribution in [-0.2, 0) is 9.53 Å². The zero-order valence-electron chi connectivity index (χ0n) is 11.3. The molecule has 0 radical (unpaired) electrons. The normalized spacial score (nSPS) is 32.4. The number of rotatable bonds is 5. The van der Waals surface area contributed by atoms with Crippen LogP contribution in [0.3, 0.4) is 0 Å². The lowest BCUT2D eigenvalue weighted by Gasteiger charge is -2.28. The van der Waals surface area contributed by atoms with Crippen LogP contribution >= 0.6 is 11.8 Å². The summed E-state index contributed by atoms with van der Waals surface area (Å²) in [6, 6.07) is 0.410. The quantitative estimate of drug-likeness (QED) is 0.835. The third-order valence-corrected chi connectivity index (χ3v) is 5.14. The number of ether oxygens (including phenoxy) is 1. The zero-order valence-corrected chi connectivity index (χ0v) is 12.1. The molecule has 1 aliphatic heterocycles. The third kappa shape index (κ3) is 4.47. The standard InChI is InChI=1S/C14H25NO2S/c1-18-13-6-2-4-11(10-13)15-14(16)8-7-12-5-3-9-17-12/h11-13H,2-10H2,1H3,(H,15,16)/t11-,12-,13-/m0/s1. The maximum absolute atomic E-state index is 11.9. The topological polar surface area (TPSA) is 38.3 Å². The summed E-state index contributed by atoms with van der Waals surface area (Å²) >= 11 is 1.94. The van der Waals surface area contributed by atoms with E-state index in [0.717, 1.165) is 44.0 Å². The van der Waals surface area contributed by atoms with Gasteiger partial charge in [-0.15, -0.1) is 0 Å². The van der Waals surface area contributed by atoms with Crippen molar-refractivity contribution in [3.05, 3.63) is 0 Å². The smallest absolute Gasteiger partial charge is 0.220 e. The van der Waals surface area contributed by atoms with Gasteiger partial charge >= 0.3 is 0 Å². The van der Waals surface area contributed by atoms with Crippen LogP contribution in [-0.4, -0.2) is 36.2 Å². The number of hydrogen-bond acceptors (Lipinski definition) is 3. The Morgan fingerprint density at radius 2 is 2.22 bits per heavy atom. The summed E-state index contributed by atoms with van der Waals surface area (Å²) in [5, 5.41) is 3.94. The molecule has 2 aliphatic rings. The first-order chi connectivity index (χ1) is 8.78. The van der Waals surface area contributed by atoms with Gasteiger partial charge in [-0.3, -0.25) is 4.79 Å². The molecule has 1 N–H and O–H groups in total. The Morgan fingerprint density at radius 3 is 2.94 bits per heavy atom. The number of amides is 1. The molecule has 2 fully saturated rings. The molecule has 4 heteroatoms. The molecule has 0 unspecified atom stereocenters. The van der Waals surface area contributed by atoms with Crippen LogP contribution in [0.4, 0.5) is 0 Å². The minimum Gasteiger partial charge on any atom is -0.378 e. The Balaban J connectivity index is 1.63. The maximum atomic E-state index is 11.9. The minimum absolute atomic E-state index is 0.220. The van der Waals surface area contributed by atoms with E-state index in [0.29, 0.717) is 18.6 Å². The van der Waals surface area contributed by atoms with Crippen LogP contribution < -0.4 is 5.32 Å². The van der Waals surface area contributed by atoms with Gasteiger partial charge in [0, 0.05) is 24.3 Å². The van der Waals surface area contributed by atoms with Gasteiger partial charge in [0.1, 0.15) is 0 Å². The van der Waals surface area contributed by atoms with Gasteiger partial charge in [0.05, 0.1) is 6.10 Å². The summed E-state index contributed by atoms with van der Waals surface area (Å²) in [5.41, 5.74) is 0. The molecule has 0 aromatic carbocycles. The van der Waals surface area contributed by atoms with Gasteiger partial charge < -0.3 is 10.1 Å². The van der Waals surface area contributed by atoms with Gasteiger partial charge in [0.25, 0.3) is 0 Å². The Hall–Kier alpha value is -0.220. The van der Waals surface area contributed by atoms with Crippen molar-refractivity contribution in [3.8, 4) is 0 Å². The van der Waals surface area contributed by atoms with E-state index < -0.39 is 0 Å². The molecule has 1 heterocycles. The van der Waals surface area contributed by atoms with Gasteiger partial charge in [-0.2, -0.15) is 11.8 Å². The predicted molar refractivity (Wildman–Crippen MR) is 75.9 cm³/mol. The molecule has 3 atom stereocenters. The third-order valence-electron chi connectivity index (χ3n) is 4.04. The summed E-state index contributed by atoms with van der Waals surface area (Å²) in [6.07, 6.45) is 11.2. The highest BCUT2D eigenvalue weighted by molar-refractivity contribution is 7.99. The molecule has 104 valence electrons. The van der Waals surface area contributed by atoms with Crippen LogP contribution in [0.5, 0.6) is 0 Å². The summed E-state index contributed by atoms with van der Waals surface area (Å²) in [5.74, 6) is 0.220. The van der Waals surface area contributed by atoms with Crippen molar-refractivity contribution < 1.29 is 9.53 Å². The van der Waals surface area contributed by atoms with E-state index in [1.165, 1.54) is 12.8 Å². The van der Waals surface area contributed by atoms with Crippen molar-refractivity contribution in [1.82, 2.24) is 5.32 Å². The van der Waals surface area contributed by atoms with Crippen molar-refractivity contribution in [2.24, 2.45) is 0 Å². The molecule has 2 rings (SSSR count). The molecule has 18 heavy (non-hydrogen) atoms. The Kier molecular flexibility index (Phi) is 5.83. The molecular formula is C14H25NO2S. The average Bonchev–Trinajstić information content (AvgIpc) is 2.90. The number of carbonyl (C=O) groups excluding carboxylic acids is 1. The molecule has 1 aliphatic carbocycles. The lowest BCUT2D eigenvalue weighted by molar-refractivity contribution is -0.122. The predicted octanol–water partition coefficient (Wildman–Crippen LogP) is 2.74. The Bertz CT molecular complexity index is 267. The number of thioether (sulfide) groups is 1. The summed E-state index contributed by atoms with van der Waals surface area (Å²) < 4.78 is 5.54. The van der Waals surface area contributed by atoms with Crippen LogP contribution in [0.2, 0.25) is 0 Å². The molecule has 1 amide bonds. The molecule has 3 nitrogen and oxygen atoms in total. The van der Waals surface area contributed by atoms with E-state index in [1.54, 1.807) is 0 Å². The Morgan fingerprint density at radius 1 is 1.33 bits per heavy atom. The van der Waals surface area contributed by atoms with E-state index >= 15 is 0 Å². The van der Waals surface area contributed by atoms with E-state index in [4.69, 9.17) is 4.74 Å². The van der Waals surface area contributed by atoms with Crippen molar-refractivity contribution in [1.29, 1.82) is 0 Å². The van der Waals surface area contributed by atoms with Gasteiger partial charge in [-0.05, 0) is 44.8 Å². The first kappa shape index (κ1) is 14.2. The van der Waals surface area contributed by atoms with Crippen molar-refractivity contribution in [3.63, 3.8) is 0 Å². The van der Waals surface area contributed by atoms with Crippen LogP contribution in [0.1, 0.15) is 51.4 Å². The van der Waals surface area contributed by atoms with Crippen LogP contribution in [0, 0.1) is 0 Å². The molecule has 1 saturated heterocycles. The minimum atomic E-state index is 0.220. The van der Waals surface area contributed by atoms with E-state index in [1.807, 2.05) is 11.8 Å². The maximum Gasteiger partial charge on any atom is 0.220 e. The summed E-state index contributed by atoms with van der Waals surface area (Å²) in [6.45, 7) is 0.879. The van der Waals surface area contributed by atoms with Crippen molar-refractivity contribution >= 4 is 17.7 Å². The van der Waals surface area contributed by atoms with Crippen LogP contribution in [0.15, 0.2) is 0 Å². The van der Waals surface area contributed by atoms with Gasteiger partial charge in [0.15, 0.2) is 0 Å². The second kappa shape index (κ2) is 7.39. The van der Waals surface area contributed by atoms with Crippen molar-refractivity contribution in [2.75, 3.05) is 12.9 Å². The number of hydrogen-bond donors (Lipinski definition) is 1. The van der Waals surface area contributed by atoms with Gasteiger partial charge in [0.2, 0.25) is 5.91 Å². The molecular weight excluding hydrogens is 246 g/mol. The van der Waals surface area contributed by atoms with Gasteiger partial charge in [-0.25, -0.2) is 0 Å². The lowest BCUT2D eigenvalue weighted by atomic mass is 9.95. The largest absolute Gasteiger partial charge is 0.378 e. The van der Waals surface area contributed by atoms with Crippen molar-refractivity contribution in [2.45, 2.75) is 68.8 Å². The van der Waals surface area contributed by atoms with Gasteiger partial charge in [-0.1, -0.05) is 6.42 Å². The fourth-order valence-corrected chi connectivity index (χ4v) is 3.78. The van der Waals surface area contributed by atoms with E-state index in [9.17, 15) is 4.79 Å². The second-order valence-corrected chi connectivity index (χ2v) is 6.60. The zero-order chi connectivity index (χ0) is 12.8. The fraction of sp³-hybridized carbons (Fsp3) is 0.929. The highest BCUT2D eigenvalue weighted by atomic mass is 32.2. The average molecular weight is 271 g/mol. The highest BCUT2D eigenvalue weighted by Crippen LogP contribution is 2.27. The monoisotopic (exact) mass is 271 g/mol.